The van der Waals surface area contributed by atoms with Crippen LogP contribution in [0.25, 0.3) is 0 Å². The highest BCUT2D eigenvalue weighted by molar-refractivity contribution is 5.76. The normalized spacial score (nSPS) is 23.3. The predicted molar refractivity (Wildman–Crippen MR) is 60.3 cm³/mol. The Kier molecular flexibility index (Phi) is 3.29. The summed E-state index contributed by atoms with van der Waals surface area (Å²) in [4.78, 5) is 13.9. The second kappa shape index (κ2) is 4.52. The molecule has 2 rings (SSSR count). The lowest BCUT2D eigenvalue weighted by Crippen LogP contribution is -2.44. The highest BCUT2D eigenvalue weighted by Gasteiger charge is 2.35. The van der Waals surface area contributed by atoms with Crippen LogP contribution in [0.15, 0.2) is 0 Å². The first-order valence-corrected chi connectivity index (χ1v) is 6.18. The van der Waals surface area contributed by atoms with Gasteiger partial charge in [0.1, 0.15) is 0 Å². The van der Waals surface area contributed by atoms with Crippen molar-refractivity contribution in [3.8, 4) is 0 Å². The summed E-state index contributed by atoms with van der Waals surface area (Å²) >= 11 is 0. The van der Waals surface area contributed by atoms with Gasteiger partial charge in [0.2, 0.25) is 5.91 Å². The molecule has 0 bridgehead atoms. The largest absolute Gasteiger partial charge is 0.341 e. The third kappa shape index (κ3) is 2.51. The Morgan fingerprint density at radius 3 is 2.47 bits per heavy atom. The zero-order chi connectivity index (χ0) is 10.8. The Morgan fingerprint density at radius 1 is 1.40 bits per heavy atom. The van der Waals surface area contributed by atoms with E-state index in [0.717, 1.165) is 6.42 Å². The number of carbonyl (C=O) groups excluding carboxylic acids is 1. The van der Waals surface area contributed by atoms with Crippen molar-refractivity contribution in [2.24, 2.45) is 17.6 Å². The van der Waals surface area contributed by atoms with Crippen LogP contribution in [0, 0.1) is 11.8 Å². The first-order valence-electron chi connectivity index (χ1n) is 6.18. The number of hydrogen-bond acceptors (Lipinski definition) is 2. The van der Waals surface area contributed by atoms with E-state index in [0.29, 0.717) is 30.3 Å². The number of rotatable bonds is 5. The van der Waals surface area contributed by atoms with Gasteiger partial charge in [-0.2, -0.15) is 0 Å². The minimum Gasteiger partial charge on any atom is -0.341 e. The summed E-state index contributed by atoms with van der Waals surface area (Å²) in [5, 5.41) is 0. The molecule has 0 radical (unpaired) electrons. The van der Waals surface area contributed by atoms with Crippen molar-refractivity contribution < 1.29 is 4.79 Å². The maximum absolute atomic E-state index is 11.9. The fourth-order valence-corrected chi connectivity index (χ4v) is 2.42. The summed E-state index contributed by atoms with van der Waals surface area (Å²) in [7, 11) is 1.93. The zero-order valence-electron chi connectivity index (χ0n) is 9.61. The van der Waals surface area contributed by atoms with Crippen molar-refractivity contribution in [2.75, 3.05) is 13.6 Å². The standard InChI is InChI=1S/C12H22N2O/c1-14(11(8-13)10-5-6-10)12(15)7-9-3-2-4-9/h9-11H,2-8,13H2,1H3. The van der Waals surface area contributed by atoms with E-state index in [1.165, 1.54) is 32.1 Å². The number of amides is 1. The highest BCUT2D eigenvalue weighted by atomic mass is 16.2. The van der Waals surface area contributed by atoms with Crippen LogP contribution in [-0.2, 0) is 4.79 Å². The Bertz CT molecular complexity index is 234. The SMILES string of the molecule is CN(C(=O)CC1CCC1)C(CN)C1CC1. The van der Waals surface area contributed by atoms with Crippen LogP contribution in [0.3, 0.4) is 0 Å². The third-order valence-electron chi connectivity index (χ3n) is 3.99. The van der Waals surface area contributed by atoms with Crippen molar-refractivity contribution in [1.29, 1.82) is 0 Å². The summed E-state index contributed by atoms with van der Waals surface area (Å²) < 4.78 is 0. The predicted octanol–water partition coefficient (Wildman–Crippen LogP) is 1.37. The Hall–Kier alpha value is -0.570. The number of carbonyl (C=O) groups is 1. The van der Waals surface area contributed by atoms with Gasteiger partial charge in [0.15, 0.2) is 0 Å². The number of nitrogens with zero attached hydrogens (tertiary/aromatic N) is 1. The van der Waals surface area contributed by atoms with Gasteiger partial charge in [-0.15, -0.1) is 0 Å². The number of hydrogen-bond donors (Lipinski definition) is 1. The molecule has 0 heterocycles. The molecule has 0 aromatic carbocycles. The minimum atomic E-state index is 0.303. The maximum atomic E-state index is 11.9. The van der Waals surface area contributed by atoms with Gasteiger partial charge >= 0.3 is 0 Å². The number of nitrogens with two attached hydrogens (primary N) is 1. The van der Waals surface area contributed by atoms with E-state index in [1.54, 1.807) is 0 Å². The molecule has 0 saturated heterocycles. The molecule has 0 spiro atoms. The maximum Gasteiger partial charge on any atom is 0.222 e. The highest BCUT2D eigenvalue weighted by Crippen LogP contribution is 2.35. The molecule has 1 atom stereocenters. The molecule has 2 aliphatic carbocycles. The molecule has 1 amide bonds. The quantitative estimate of drug-likeness (QED) is 0.745. The van der Waals surface area contributed by atoms with E-state index >= 15 is 0 Å². The van der Waals surface area contributed by atoms with Crippen molar-refractivity contribution in [1.82, 2.24) is 4.90 Å². The monoisotopic (exact) mass is 210 g/mol. The van der Waals surface area contributed by atoms with Gasteiger partial charge in [0.05, 0.1) is 0 Å². The van der Waals surface area contributed by atoms with Crippen LogP contribution >= 0.6 is 0 Å². The Morgan fingerprint density at radius 2 is 2.07 bits per heavy atom. The molecule has 2 fully saturated rings. The van der Waals surface area contributed by atoms with Crippen LogP contribution in [0.5, 0.6) is 0 Å². The van der Waals surface area contributed by atoms with E-state index in [-0.39, 0.29) is 0 Å². The molecular weight excluding hydrogens is 188 g/mol. The van der Waals surface area contributed by atoms with Crippen LogP contribution in [-0.4, -0.2) is 30.4 Å². The fraction of sp³-hybridized carbons (Fsp3) is 0.917. The van der Waals surface area contributed by atoms with Crippen LogP contribution < -0.4 is 5.73 Å². The van der Waals surface area contributed by atoms with E-state index in [9.17, 15) is 4.79 Å². The first-order chi connectivity index (χ1) is 7.22. The Labute approximate surface area is 92.0 Å². The fourth-order valence-electron chi connectivity index (χ4n) is 2.42. The molecule has 3 heteroatoms. The second-order valence-electron chi connectivity index (χ2n) is 5.15. The lowest BCUT2D eigenvalue weighted by Gasteiger charge is -2.31. The smallest absolute Gasteiger partial charge is 0.222 e. The summed E-state index contributed by atoms with van der Waals surface area (Å²) in [6.07, 6.45) is 7.06. The molecule has 0 aliphatic heterocycles. The van der Waals surface area contributed by atoms with Crippen molar-refractivity contribution in [2.45, 2.75) is 44.6 Å². The van der Waals surface area contributed by atoms with Crippen molar-refractivity contribution in [3.05, 3.63) is 0 Å². The molecule has 2 aliphatic rings. The molecular formula is C12H22N2O. The van der Waals surface area contributed by atoms with Crippen molar-refractivity contribution in [3.63, 3.8) is 0 Å². The zero-order valence-corrected chi connectivity index (χ0v) is 9.61. The Balaban J connectivity index is 1.81. The van der Waals surface area contributed by atoms with Gasteiger partial charge < -0.3 is 10.6 Å². The van der Waals surface area contributed by atoms with Crippen LogP contribution in [0.4, 0.5) is 0 Å². The topological polar surface area (TPSA) is 46.3 Å². The lowest BCUT2D eigenvalue weighted by atomic mass is 9.82. The molecule has 3 nitrogen and oxygen atoms in total. The van der Waals surface area contributed by atoms with Gasteiger partial charge in [-0.05, 0) is 37.5 Å². The molecule has 0 aromatic rings. The van der Waals surface area contributed by atoms with E-state index in [1.807, 2.05) is 11.9 Å². The van der Waals surface area contributed by atoms with Gasteiger partial charge in [-0.1, -0.05) is 6.42 Å². The summed E-state index contributed by atoms with van der Waals surface area (Å²) in [5.74, 6) is 1.66. The molecule has 0 aromatic heterocycles. The lowest BCUT2D eigenvalue weighted by molar-refractivity contribution is -0.133. The molecule has 15 heavy (non-hydrogen) atoms. The van der Waals surface area contributed by atoms with E-state index in [4.69, 9.17) is 5.73 Å². The molecule has 1 unspecified atom stereocenters. The average Bonchev–Trinajstić information content (AvgIpc) is 2.96. The first kappa shape index (κ1) is 10.9. The van der Waals surface area contributed by atoms with Gasteiger partial charge in [-0.3, -0.25) is 4.79 Å². The molecule has 2 N–H and O–H groups in total. The van der Waals surface area contributed by atoms with Crippen LogP contribution in [0.1, 0.15) is 38.5 Å². The van der Waals surface area contributed by atoms with Crippen molar-refractivity contribution >= 4 is 5.91 Å². The van der Waals surface area contributed by atoms with E-state index in [2.05, 4.69) is 0 Å². The summed E-state index contributed by atoms with van der Waals surface area (Å²) in [6, 6.07) is 0.303. The average molecular weight is 210 g/mol. The molecule has 2 saturated carbocycles. The van der Waals surface area contributed by atoms with Crippen LogP contribution in [0.2, 0.25) is 0 Å². The van der Waals surface area contributed by atoms with Gasteiger partial charge in [-0.25, -0.2) is 0 Å². The number of likely N-dealkylation sites (N-methyl/N-ethyl adjacent to an activating group) is 1. The summed E-state index contributed by atoms with van der Waals surface area (Å²) in [6.45, 7) is 0.623. The second-order valence-corrected chi connectivity index (χ2v) is 5.15. The third-order valence-corrected chi connectivity index (χ3v) is 3.99. The van der Waals surface area contributed by atoms with Gasteiger partial charge in [0.25, 0.3) is 0 Å². The molecule has 86 valence electrons. The van der Waals surface area contributed by atoms with E-state index < -0.39 is 0 Å². The van der Waals surface area contributed by atoms with Gasteiger partial charge in [0, 0.05) is 26.1 Å². The summed E-state index contributed by atoms with van der Waals surface area (Å²) in [5.41, 5.74) is 5.74. The minimum absolute atomic E-state index is 0.303.